The van der Waals surface area contributed by atoms with Gasteiger partial charge in [0.15, 0.2) is 5.78 Å². The van der Waals surface area contributed by atoms with Crippen LogP contribution in [0.25, 0.3) is 0 Å². The molecule has 0 spiro atoms. The molecule has 3 nitrogen and oxygen atoms in total. The Morgan fingerprint density at radius 1 is 1.21 bits per heavy atom. The van der Waals surface area contributed by atoms with Crippen LogP contribution in [0, 0.1) is 17.7 Å². The lowest BCUT2D eigenvalue weighted by Gasteiger charge is -2.46. The number of fused-ring (bicyclic) bond motifs is 2. The third kappa shape index (κ3) is 3.21. The largest absolute Gasteiger partial charge is 0.493 e. The summed E-state index contributed by atoms with van der Waals surface area (Å²) in [4.78, 5) is 15.6. The average molecular weight is 331 g/mol. The van der Waals surface area contributed by atoms with Gasteiger partial charge in [0.25, 0.3) is 0 Å². The minimum absolute atomic E-state index is 0.00146. The molecular weight excluding hydrogens is 305 g/mol. The van der Waals surface area contributed by atoms with E-state index in [2.05, 4.69) is 11.9 Å². The third-order valence-corrected chi connectivity index (χ3v) is 6.09. The lowest BCUT2D eigenvalue weighted by molar-refractivity contribution is 0.0337. The zero-order valence-electron chi connectivity index (χ0n) is 14.3. The van der Waals surface area contributed by atoms with Gasteiger partial charge in [0, 0.05) is 18.0 Å². The van der Waals surface area contributed by atoms with E-state index in [0.29, 0.717) is 35.9 Å². The van der Waals surface area contributed by atoms with Gasteiger partial charge in [-0.05, 0) is 69.7 Å². The van der Waals surface area contributed by atoms with Crippen molar-refractivity contribution in [1.29, 1.82) is 0 Å². The SMILES string of the molecule is CN1C2CCCC1CC(C(=O)c1cc(F)ccc1OCC1CC1)C2. The van der Waals surface area contributed by atoms with Crippen molar-refractivity contribution < 1.29 is 13.9 Å². The van der Waals surface area contributed by atoms with Crippen molar-refractivity contribution in [2.45, 2.75) is 57.0 Å². The standard InChI is InChI=1S/C20H26FNO2/c1-22-16-3-2-4-17(22)10-14(9-16)20(23)18-11-15(21)7-8-19(18)24-12-13-5-6-13/h7-8,11,13-14,16-17H,2-6,9-10,12H2,1H3. The van der Waals surface area contributed by atoms with Gasteiger partial charge >= 0.3 is 0 Å². The van der Waals surface area contributed by atoms with Crippen LogP contribution < -0.4 is 4.74 Å². The van der Waals surface area contributed by atoms with Crippen LogP contribution in [0.15, 0.2) is 18.2 Å². The van der Waals surface area contributed by atoms with E-state index in [4.69, 9.17) is 4.74 Å². The van der Waals surface area contributed by atoms with Crippen LogP contribution in [0.2, 0.25) is 0 Å². The molecule has 2 atom stereocenters. The highest BCUT2D eigenvalue weighted by molar-refractivity contribution is 6.00. The number of carbonyl (C=O) groups is 1. The number of ketones is 1. The molecule has 2 aliphatic heterocycles. The number of benzene rings is 1. The van der Waals surface area contributed by atoms with Gasteiger partial charge in [-0.25, -0.2) is 4.39 Å². The van der Waals surface area contributed by atoms with Crippen LogP contribution in [0.1, 0.15) is 55.3 Å². The number of rotatable bonds is 5. The highest BCUT2D eigenvalue weighted by Crippen LogP contribution is 2.38. The molecule has 1 aromatic rings. The summed E-state index contributed by atoms with van der Waals surface area (Å²) in [7, 11) is 2.18. The fraction of sp³-hybridized carbons (Fsp3) is 0.650. The number of carbonyl (C=O) groups excluding carboxylic acids is 1. The molecule has 0 radical (unpaired) electrons. The Bertz CT molecular complexity index is 614. The predicted molar refractivity (Wildman–Crippen MR) is 90.9 cm³/mol. The number of piperidine rings is 2. The number of hydrogen-bond acceptors (Lipinski definition) is 3. The van der Waals surface area contributed by atoms with E-state index in [1.165, 1.54) is 44.2 Å². The van der Waals surface area contributed by atoms with Crippen LogP contribution in [0.4, 0.5) is 4.39 Å². The molecule has 130 valence electrons. The molecule has 0 amide bonds. The predicted octanol–water partition coefficient (Wildman–Crippen LogP) is 4.06. The van der Waals surface area contributed by atoms with Crippen molar-refractivity contribution in [3.63, 3.8) is 0 Å². The summed E-state index contributed by atoms with van der Waals surface area (Å²) in [5.74, 6) is 0.898. The van der Waals surface area contributed by atoms with Crippen molar-refractivity contribution in [2.24, 2.45) is 11.8 Å². The van der Waals surface area contributed by atoms with Gasteiger partial charge in [0.2, 0.25) is 0 Å². The van der Waals surface area contributed by atoms with E-state index < -0.39 is 0 Å². The molecule has 0 N–H and O–H groups in total. The molecule has 1 saturated carbocycles. The molecule has 1 aliphatic carbocycles. The van der Waals surface area contributed by atoms with Gasteiger partial charge in [-0.2, -0.15) is 0 Å². The monoisotopic (exact) mass is 331 g/mol. The molecule has 4 rings (SSSR count). The molecule has 4 heteroatoms. The maximum atomic E-state index is 13.8. The van der Waals surface area contributed by atoms with Crippen molar-refractivity contribution in [3.8, 4) is 5.75 Å². The number of Topliss-reactive ketones (excluding diaryl/α,β-unsaturated/α-hetero) is 1. The van der Waals surface area contributed by atoms with E-state index >= 15 is 0 Å². The van der Waals surface area contributed by atoms with Gasteiger partial charge in [0.1, 0.15) is 11.6 Å². The molecule has 1 aromatic carbocycles. The lowest BCUT2D eigenvalue weighted by Crippen LogP contribution is -2.51. The summed E-state index contributed by atoms with van der Waals surface area (Å²) in [5, 5.41) is 0. The average Bonchev–Trinajstić information content (AvgIpc) is 3.37. The van der Waals surface area contributed by atoms with Gasteiger partial charge < -0.3 is 9.64 Å². The van der Waals surface area contributed by atoms with E-state index in [-0.39, 0.29) is 17.5 Å². The van der Waals surface area contributed by atoms with Gasteiger partial charge in [-0.15, -0.1) is 0 Å². The van der Waals surface area contributed by atoms with E-state index in [1.807, 2.05) is 0 Å². The molecule has 2 heterocycles. The van der Waals surface area contributed by atoms with Crippen molar-refractivity contribution in [1.82, 2.24) is 4.90 Å². The summed E-state index contributed by atoms with van der Waals surface area (Å²) in [6.45, 7) is 0.643. The summed E-state index contributed by atoms with van der Waals surface area (Å²) in [5.41, 5.74) is 0.447. The number of halogens is 1. The minimum atomic E-state index is -0.356. The summed E-state index contributed by atoms with van der Waals surface area (Å²) in [6.07, 6.45) is 7.78. The second kappa shape index (κ2) is 6.47. The molecule has 3 aliphatic rings. The van der Waals surface area contributed by atoms with E-state index in [9.17, 15) is 9.18 Å². The number of ether oxygens (including phenoxy) is 1. The Hall–Kier alpha value is -1.42. The van der Waals surface area contributed by atoms with Crippen LogP contribution in [-0.4, -0.2) is 36.4 Å². The fourth-order valence-electron chi connectivity index (χ4n) is 4.36. The molecule has 2 saturated heterocycles. The Morgan fingerprint density at radius 2 is 1.92 bits per heavy atom. The summed E-state index contributed by atoms with van der Waals surface area (Å²) >= 11 is 0. The normalized spacial score (nSPS) is 30.2. The maximum absolute atomic E-state index is 13.8. The molecule has 24 heavy (non-hydrogen) atoms. The Kier molecular flexibility index (Phi) is 4.33. The molecule has 0 aromatic heterocycles. The third-order valence-electron chi connectivity index (χ3n) is 6.09. The van der Waals surface area contributed by atoms with E-state index in [1.54, 1.807) is 6.07 Å². The maximum Gasteiger partial charge on any atom is 0.169 e. The van der Waals surface area contributed by atoms with Crippen LogP contribution in [0.5, 0.6) is 5.75 Å². The zero-order chi connectivity index (χ0) is 16.7. The first-order valence-corrected chi connectivity index (χ1v) is 9.30. The lowest BCUT2D eigenvalue weighted by atomic mass is 9.76. The number of nitrogens with zero attached hydrogens (tertiary/aromatic N) is 1. The van der Waals surface area contributed by atoms with Gasteiger partial charge in [-0.1, -0.05) is 6.42 Å². The topological polar surface area (TPSA) is 29.5 Å². The minimum Gasteiger partial charge on any atom is -0.493 e. The highest BCUT2D eigenvalue weighted by atomic mass is 19.1. The van der Waals surface area contributed by atoms with Crippen LogP contribution in [-0.2, 0) is 0 Å². The smallest absolute Gasteiger partial charge is 0.169 e. The van der Waals surface area contributed by atoms with E-state index in [0.717, 1.165) is 12.8 Å². The van der Waals surface area contributed by atoms with Crippen molar-refractivity contribution in [2.75, 3.05) is 13.7 Å². The first-order chi connectivity index (χ1) is 11.6. The van der Waals surface area contributed by atoms with Crippen molar-refractivity contribution >= 4 is 5.78 Å². The zero-order valence-corrected chi connectivity index (χ0v) is 14.3. The first-order valence-electron chi connectivity index (χ1n) is 9.30. The quantitative estimate of drug-likeness (QED) is 0.762. The molecular formula is C20H26FNO2. The number of hydrogen-bond donors (Lipinski definition) is 0. The molecule has 2 bridgehead atoms. The molecule has 2 unspecified atom stereocenters. The Labute approximate surface area is 143 Å². The molecule has 3 fully saturated rings. The fourth-order valence-corrected chi connectivity index (χ4v) is 4.36. The second-order valence-corrected chi connectivity index (χ2v) is 7.83. The summed E-state index contributed by atoms with van der Waals surface area (Å²) in [6, 6.07) is 5.38. The highest BCUT2D eigenvalue weighted by Gasteiger charge is 2.39. The van der Waals surface area contributed by atoms with Crippen molar-refractivity contribution in [3.05, 3.63) is 29.6 Å². The van der Waals surface area contributed by atoms with Crippen LogP contribution in [0.3, 0.4) is 0 Å². The van der Waals surface area contributed by atoms with Gasteiger partial charge in [-0.3, -0.25) is 4.79 Å². The first kappa shape index (κ1) is 16.1. The Morgan fingerprint density at radius 3 is 2.58 bits per heavy atom. The second-order valence-electron chi connectivity index (χ2n) is 7.83. The Balaban J connectivity index is 1.53. The summed E-state index contributed by atoms with van der Waals surface area (Å²) < 4.78 is 19.6. The van der Waals surface area contributed by atoms with Gasteiger partial charge in [0.05, 0.1) is 12.2 Å². The van der Waals surface area contributed by atoms with Crippen LogP contribution >= 0.6 is 0 Å².